The lowest BCUT2D eigenvalue weighted by Gasteiger charge is -2.11. The van der Waals surface area contributed by atoms with E-state index >= 15 is 0 Å². The number of hydrogen-bond acceptors (Lipinski definition) is 4. The highest BCUT2D eigenvalue weighted by atomic mass is 19.4. The molecule has 0 spiro atoms. The van der Waals surface area contributed by atoms with E-state index in [1.165, 1.54) is 13.2 Å². The number of amides is 1. The zero-order valence-corrected chi connectivity index (χ0v) is 16.2. The summed E-state index contributed by atoms with van der Waals surface area (Å²) in [5.41, 5.74) is 4.66. The summed E-state index contributed by atoms with van der Waals surface area (Å²) < 4.78 is 50.2. The van der Waals surface area contributed by atoms with E-state index in [-0.39, 0.29) is 11.7 Å². The first-order chi connectivity index (χ1) is 14.7. The van der Waals surface area contributed by atoms with E-state index in [2.05, 4.69) is 15.3 Å². The Balaban J connectivity index is 0.000000401. The molecule has 1 aliphatic rings. The van der Waals surface area contributed by atoms with Gasteiger partial charge in [0.05, 0.1) is 18.4 Å². The smallest absolute Gasteiger partial charge is 0.446 e. The van der Waals surface area contributed by atoms with Gasteiger partial charge in [0, 0.05) is 41.7 Å². The minimum absolute atomic E-state index is 0.0599. The molecule has 0 unspecified atom stereocenters. The van der Waals surface area contributed by atoms with Crippen molar-refractivity contribution in [3.8, 4) is 28.3 Å². The SMILES string of the molecule is COc1ccc(-c2cc(-c3cc4c([nH]3)CCNC4=O)ccn2)cc1F.O=CC(F)(F)F. The van der Waals surface area contributed by atoms with Gasteiger partial charge < -0.3 is 15.0 Å². The van der Waals surface area contributed by atoms with Crippen molar-refractivity contribution < 1.29 is 31.9 Å². The molecule has 1 aromatic carbocycles. The third kappa shape index (κ3) is 5.27. The summed E-state index contributed by atoms with van der Waals surface area (Å²) in [7, 11) is 1.43. The minimum Gasteiger partial charge on any atom is -0.494 e. The number of halogens is 4. The van der Waals surface area contributed by atoms with Gasteiger partial charge in [0.1, 0.15) is 0 Å². The molecule has 6 nitrogen and oxygen atoms in total. The molecule has 3 aromatic rings. The number of carbonyl (C=O) groups excluding carboxylic acids is 2. The van der Waals surface area contributed by atoms with Crippen LogP contribution in [0.2, 0.25) is 0 Å². The van der Waals surface area contributed by atoms with Crippen LogP contribution in [0.1, 0.15) is 16.1 Å². The van der Waals surface area contributed by atoms with E-state index < -0.39 is 18.3 Å². The second-order valence-corrected chi connectivity index (χ2v) is 6.52. The van der Waals surface area contributed by atoms with Gasteiger partial charge in [0.15, 0.2) is 11.6 Å². The molecule has 10 heteroatoms. The Hall–Kier alpha value is -3.69. The molecule has 0 aliphatic carbocycles. The Morgan fingerprint density at radius 1 is 1.13 bits per heavy atom. The summed E-state index contributed by atoms with van der Waals surface area (Å²) in [5, 5.41) is 2.83. The summed E-state index contributed by atoms with van der Waals surface area (Å²) >= 11 is 0. The number of H-pyrrole nitrogens is 1. The van der Waals surface area contributed by atoms with E-state index in [1.54, 1.807) is 18.3 Å². The Kier molecular flexibility index (Phi) is 6.38. The van der Waals surface area contributed by atoms with Crippen LogP contribution in [-0.2, 0) is 11.2 Å². The molecule has 0 saturated heterocycles. The number of ether oxygens (including phenoxy) is 1. The third-order valence-corrected chi connectivity index (χ3v) is 4.46. The molecule has 3 heterocycles. The number of nitrogens with one attached hydrogen (secondary N) is 2. The van der Waals surface area contributed by atoms with Crippen molar-refractivity contribution in [2.45, 2.75) is 12.6 Å². The Bertz CT molecular complexity index is 1110. The van der Waals surface area contributed by atoms with Crippen LogP contribution >= 0.6 is 0 Å². The highest BCUT2D eigenvalue weighted by Gasteiger charge is 2.25. The van der Waals surface area contributed by atoms with Gasteiger partial charge in [0.2, 0.25) is 6.29 Å². The van der Waals surface area contributed by atoms with Crippen molar-refractivity contribution in [2.75, 3.05) is 13.7 Å². The lowest BCUT2D eigenvalue weighted by Crippen LogP contribution is -2.31. The number of hydrogen-bond donors (Lipinski definition) is 2. The van der Waals surface area contributed by atoms with Gasteiger partial charge in [-0.05, 0) is 36.4 Å². The maximum atomic E-state index is 14.0. The number of aromatic nitrogens is 2. The number of alkyl halides is 3. The third-order valence-electron chi connectivity index (χ3n) is 4.46. The number of benzene rings is 1. The first-order valence-electron chi connectivity index (χ1n) is 9.05. The molecular formula is C21H17F4N3O3. The number of nitrogens with zero attached hydrogens (tertiary/aromatic N) is 1. The number of aromatic amines is 1. The highest BCUT2D eigenvalue weighted by Crippen LogP contribution is 2.29. The van der Waals surface area contributed by atoms with Crippen molar-refractivity contribution >= 4 is 12.2 Å². The predicted molar refractivity (Wildman–Crippen MR) is 104 cm³/mol. The van der Waals surface area contributed by atoms with Crippen molar-refractivity contribution in [3.63, 3.8) is 0 Å². The Morgan fingerprint density at radius 2 is 1.87 bits per heavy atom. The molecule has 0 radical (unpaired) electrons. The van der Waals surface area contributed by atoms with E-state index in [0.717, 1.165) is 23.4 Å². The maximum Gasteiger partial charge on any atom is 0.446 e. The summed E-state index contributed by atoms with van der Waals surface area (Å²) in [6.45, 7) is 0.637. The van der Waals surface area contributed by atoms with Gasteiger partial charge in [-0.2, -0.15) is 13.2 Å². The zero-order valence-electron chi connectivity index (χ0n) is 16.2. The summed E-state index contributed by atoms with van der Waals surface area (Å²) in [5.74, 6) is -0.294. The standard InChI is InChI=1S/C19H16FN3O2.C2HF3O/c1-25-18-3-2-11(8-14(18)20)16-9-12(4-6-21-16)17-10-13-15(23-17)5-7-22-19(13)24;3-2(4,5)1-6/h2-4,6,8-10,23H,5,7H2,1H3,(H,22,24);1H. The Labute approximate surface area is 174 Å². The fraction of sp³-hybridized carbons (Fsp3) is 0.190. The lowest BCUT2D eigenvalue weighted by molar-refractivity contribution is -0.156. The lowest BCUT2D eigenvalue weighted by atomic mass is 10.1. The normalized spacial score (nSPS) is 12.9. The first-order valence-corrected chi connectivity index (χ1v) is 9.05. The average Bonchev–Trinajstić information content (AvgIpc) is 3.20. The second-order valence-electron chi connectivity index (χ2n) is 6.52. The number of rotatable bonds is 3. The van der Waals surface area contributed by atoms with Crippen LogP contribution in [0, 0.1) is 5.82 Å². The number of fused-ring (bicyclic) bond motifs is 1. The Morgan fingerprint density at radius 3 is 2.48 bits per heavy atom. The van der Waals surface area contributed by atoms with E-state index in [1.807, 2.05) is 18.2 Å². The van der Waals surface area contributed by atoms with E-state index in [9.17, 15) is 22.4 Å². The molecule has 2 N–H and O–H groups in total. The van der Waals surface area contributed by atoms with Gasteiger partial charge in [-0.1, -0.05) is 0 Å². The van der Waals surface area contributed by atoms with Crippen molar-refractivity contribution in [1.29, 1.82) is 0 Å². The zero-order chi connectivity index (χ0) is 22.6. The quantitative estimate of drug-likeness (QED) is 0.483. The molecule has 4 rings (SSSR count). The van der Waals surface area contributed by atoms with E-state index in [4.69, 9.17) is 9.53 Å². The molecule has 2 aromatic heterocycles. The van der Waals surface area contributed by atoms with Crippen LogP contribution in [0.3, 0.4) is 0 Å². The first kappa shape index (κ1) is 22.0. The van der Waals surface area contributed by atoms with Crippen molar-refractivity contribution in [2.24, 2.45) is 0 Å². The molecule has 1 amide bonds. The van der Waals surface area contributed by atoms with Crippen LogP contribution in [0.5, 0.6) is 5.75 Å². The van der Waals surface area contributed by atoms with Crippen LogP contribution in [0.15, 0.2) is 42.6 Å². The summed E-state index contributed by atoms with van der Waals surface area (Å²) in [6.07, 6.45) is -3.25. The van der Waals surface area contributed by atoms with Gasteiger partial charge in [-0.3, -0.25) is 14.6 Å². The highest BCUT2D eigenvalue weighted by molar-refractivity contribution is 5.97. The largest absolute Gasteiger partial charge is 0.494 e. The van der Waals surface area contributed by atoms with Crippen molar-refractivity contribution in [3.05, 3.63) is 59.7 Å². The fourth-order valence-corrected chi connectivity index (χ4v) is 3.03. The molecule has 0 fully saturated rings. The maximum absolute atomic E-state index is 14.0. The average molecular weight is 435 g/mol. The predicted octanol–water partition coefficient (Wildman–Crippen LogP) is 3.92. The number of pyridine rings is 1. The number of methoxy groups -OCH3 is 1. The van der Waals surface area contributed by atoms with Crippen molar-refractivity contribution in [1.82, 2.24) is 15.3 Å². The summed E-state index contributed by atoms with van der Waals surface area (Å²) in [6, 6.07) is 10.3. The van der Waals surface area contributed by atoms with Gasteiger partial charge in [-0.15, -0.1) is 0 Å². The van der Waals surface area contributed by atoms with Gasteiger partial charge >= 0.3 is 6.18 Å². The number of aldehydes is 1. The van der Waals surface area contributed by atoms with Gasteiger partial charge in [-0.25, -0.2) is 4.39 Å². The fourth-order valence-electron chi connectivity index (χ4n) is 3.03. The molecule has 162 valence electrons. The minimum atomic E-state index is -4.64. The summed E-state index contributed by atoms with van der Waals surface area (Å²) in [4.78, 5) is 28.3. The van der Waals surface area contributed by atoms with Crippen LogP contribution in [0.25, 0.3) is 22.5 Å². The van der Waals surface area contributed by atoms with Crippen LogP contribution in [-0.4, -0.2) is 42.0 Å². The molecule has 0 saturated carbocycles. The molecular weight excluding hydrogens is 418 g/mol. The molecule has 31 heavy (non-hydrogen) atoms. The monoisotopic (exact) mass is 435 g/mol. The van der Waals surface area contributed by atoms with Crippen LogP contribution in [0.4, 0.5) is 17.6 Å². The van der Waals surface area contributed by atoms with Crippen LogP contribution < -0.4 is 10.1 Å². The second kappa shape index (κ2) is 8.99. The molecule has 0 atom stereocenters. The topological polar surface area (TPSA) is 84.1 Å². The molecule has 0 bridgehead atoms. The van der Waals surface area contributed by atoms with E-state index in [0.29, 0.717) is 23.4 Å². The van der Waals surface area contributed by atoms with Gasteiger partial charge in [0.25, 0.3) is 5.91 Å². The molecule has 1 aliphatic heterocycles. The number of carbonyl (C=O) groups is 2.